The lowest BCUT2D eigenvalue weighted by atomic mass is 10.1. The number of amides is 1. The SMILES string of the molecule is C=CCOc1ccccc1/C=N/N=C1\NC(=O)C(Cc2ccc(C)cc2)S1. The molecule has 1 N–H and O–H groups in total. The molecule has 6 heteroatoms. The number of amidine groups is 1. The van der Waals surface area contributed by atoms with E-state index < -0.39 is 0 Å². The summed E-state index contributed by atoms with van der Waals surface area (Å²) in [5.74, 6) is 0.672. The average Bonchev–Trinajstić information content (AvgIpc) is 3.02. The van der Waals surface area contributed by atoms with Gasteiger partial charge in [-0.1, -0.05) is 66.4 Å². The standard InChI is InChI=1S/C21H21N3O2S/c1-3-12-26-18-7-5-4-6-17(18)14-22-24-21-23-20(25)19(27-21)13-16-10-8-15(2)9-11-16/h3-11,14,19H,1,12-13H2,2H3,(H,23,24,25)/b22-14+. The number of rotatable bonds is 7. The van der Waals surface area contributed by atoms with Crippen molar-refractivity contribution in [1.82, 2.24) is 5.32 Å². The maximum absolute atomic E-state index is 12.2. The summed E-state index contributed by atoms with van der Waals surface area (Å²) in [7, 11) is 0. The smallest absolute Gasteiger partial charge is 0.239 e. The second-order valence-corrected chi connectivity index (χ2v) is 7.26. The van der Waals surface area contributed by atoms with E-state index in [0.717, 1.165) is 11.1 Å². The van der Waals surface area contributed by atoms with Crippen molar-refractivity contribution >= 4 is 29.1 Å². The molecule has 0 bridgehead atoms. The molecule has 1 saturated heterocycles. The van der Waals surface area contributed by atoms with Crippen molar-refractivity contribution < 1.29 is 9.53 Å². The second kappa shape index (κ2) is 9.19. The Labute approximate surface area is 163 Å². The molecule has 2 aromatic rings. The molecular weight excluding hydrogens is 358 g/mol. The molecule has 1 aliphatic rings. The highest BCUT2D eigenvalue weighted by molar-refractivity contribution is 8.15. The molecule has 1 unspecified atom stereocenters. The maximum atomic E-state index is 12.2. The molecule has 5 nitrogen and oxygen atoms in total. The van der Waals surface area contributed by atoms with E-state index in [4.69, 9.17) is 4.74 Å². The first-order valence-corrected chi connectivity index (χ1v) is 9.50. The lowest BCUT2D eigenvalue weighted by molar-refractivity contribution is -0.118. The van der Waals surface area contributed by atoms with Crippen molar-refractivity contribution in [3.63, 3.8) is 0 Å². The van der Waals surface area contributed by atoms with Gasteiger partial charge in [0.15, 0.2) is 5.17 Å². The van der Waals surface area contributed by atoms with E-state index >= 15 is 0 Å². The van der Waals surface area contributed by atoms with Crippen LogP contribution in [0.25, 0.3) is 0 Å². The van der Waals surface area contributed by atoms with Gasteiger partial charge in [-0.25, -0.2) is 0 Å². The van der Waals surface area contributed by atoms with Gasteiger partial charge in [-0.05, 0) is 31.0 Å². The second-order valence-electron chi connectivity index (χ2n) is 6.07. The molecule has 3 rings (SSSR count). The average molecular weight is 379 g/mol. The van der Waals surface area contributed by atoms with Gasteiger partial charge in [-0.2, -0.15) is 5.10 Å². The van der Waals surface area contributed by atoms with Gasteiger partial charge in [0.05, 0.1) is 11.5 Å². The molecule has 0 aliphatic carbocycles. The highest BCUT2D eigenvalue weighted by atomic mass is 32.2. The third kappa shape index (κ3) is 5.31. The predicted octanol–water partition coefficient (Wildman–Crippen LogP) is 3.72. The van der Waals surface area contributed by atoms with E-state index in [1.165, 1.54) is 17.3 Å². The summed E-state index contributed by atoms with van der Waals surface area (Å²) < 4.78 is 5.58. The van der Waals surface area contributed by atoms with Gasteiger partial charge in [0.2, 0.25) is 5.91 Å². The van der Waals surface area contributed by atoms with Gasteiger partial charge >= 0.3 is 0 Å². The fraction of sp³-hybridized carbons (Fsp3) is 0.190. The fourth-order valence-electron chi connectivity index (χ4n) is 2.54. The molecule has 0 saturated carbocycles. The van der Waals surface area contributed by atoms with Crippen LogP contribution in [0.15, 0.2) is 71.4 Å². The van der Waals surface area contributed by atoms with Crippen LogP contribution >= 0.6 is 11.8 Å². The van der Waals surface area contributed by atoms with Crippen LogP contribution in [0.3, 0.4) is 0 Å². The summed E-state index contributed by atoms with van der Waals surface area (Å²) in [4.78, 5) is 12.2. The molecule has 1 aliphatic heterocycles. The Balaban J connectivity index is 1.63. The molecule has 2 aromatic carbocycles. The summed E-state index contributed by atoms with van der Waals surface area (Å²) in [6.45, 7) is 6.11. The van der Waals surface area contributed by atoms with Crippen molar-refractivity contribution in [3.05, 3.63) is 77.9 Å². The highest BCUT2D eigenvalue weighted by Gasteiger charge is 2.30. The van der Waals surface area contributed by atoms with Gasteiger partial charge in [0.1, 0.15) is 12.4 Å². The number of aryl methyl sites for hydroxylation is 1. The van der Waals surface area contributed by atoms with E-state index in [1.807, 2.05) is 31.2 Å². The summed E-state index contributed by atoms with van der Waals surface area (Å²) in [6.07, 6.45) is 3.97. The van der Waals surface area contributed by atoms with Crippen LogP contribution in [0.2, 0.25) is 0 Å². The lowest BCUT2D eigenvalue weighted by Crippen LogP contribution is -2.25. The van der Waals surface area contributed by atoms with Crippen LogP contribution in [-0.2, 0) is 11.2 Å². The molecule has 27 heavy (non-hydrogen) atoms. The zero-order chi connectivity index (χ0) is 19.1. The number of nitrogens with zero attached hydrogens (tertiary/aromatic N) is 2. The van der Waals surface area contributed by atoms with E-state index in [-0.39, 0.29) is 11.2 Å². The number of para-hydroxylation sites is 1. The Bertz CT molecular complexity index is 875. The number of carbonyl (C=O) groups excluding carboxylic acids is 1. The zero-order valence-electron chi connectivity index (χ0n) is 15.1. The quantitative estimate of drug-likeness (QED) is 0.453. The molecular formula is C21H21N3O2S. The van der Waals surface area contributed by atoms with Crippen molar-refractivity contribution in [1.29, 1.82) is 0 Å². The van der Waals surface area contributed by atoms with Gasteiger partial charge in [-0.15, -0.1) is 5.10 Å². The minimum atomic E-state index is -0.190. The topological polar surface area (TPSA) is 63.1 Å². The van der Waals surface area contributed by atoms with Crippen LogP contribution in [0.5, 0.6) is 5.75 Å². The molecule has 0 spiro atoms. The molecule has 0 radical (unpaired) electrons. The largest absolute Gasteiger partial charge is 0.489 e. The number of carbonyl (C=O) groups is 1. The Kier molecular flexibility index (Phi) is 6.44. The third-order valence-corrected chi connectivity index (χ3v) is 5.01. The summed E-state index contributed by atoms with van der Waals surface area (Å²) in [5.41, 5.74) is 3.15. The monoisotopic (exact) mass is 379 g/mol. The van der Waals surface area contributed by atoms with Crippen molar-refractivity contribution in [2.75, 3.05) is 6.61 Å². The van der Waals surface area contributed by atoms with Crippen LogP contribution in [0.1, 0.15) is 16.7 Å². The molecule has 1 heterocycles. The van der Waals surface area contributed by atoms with Crippen molar-refractivity contribution in [2.24, 2.45) is 10.2 Å². The third-order valence-electron chi connectivity index (χ3n) is 3.94. The first kappa shape index (κ1) is 18.9. The van der Waals surface area contributed by atoms with Gasteiger partial charge in [0, 0.05) is 5.56 Å². The number of hydrogen-bond donors (Lipinski definition) is 1. The Morgan fingerprint density at radius 1 is 1.22 bits per heavy atom. The van der Waals surface area contributed by atoms with E-state index in [9.17, 15) is 4.79 Å². The minimum absolute atomic E-state index is 0.0377. The van der Waals surface area contributed by atoms with Crippen LogP contribution in [0.4, 0.5) is 0 Å². The van der Waals surface area contributed by atoms with Crippen LogP contribution in [-0.4, -0.2) is 29.1 Å². The van der Waals surface area contributed by atoms with Gasteiger partial charge in [-0.3, -0.25) is 4.79 Å². The molecule has 1 atom stereocenters. The molecule has 1 fully saturated rings. The summed E-state index contributed by atoms with van der Waals surface area (Å²) in [6, 6.07) is 15.8. The molecule has 138 valence electrons. The number of ether oxygens (including phenoxy) is 1. The van der Waals surface area contributed by atoms with E-state index in [2.05, 4.69) is 46.4 Å². The van der Waals surface area contributed by atoms with Gasteiger partial charge in [0.25, 0.3) is 0 Å². The number of nitrogens with one attached hydrogen (secondary N) is 1. The fourth-order valence-corrected chi connectivity index (χ4v) is 3.50. The first-order valence-electron chi connectivity index (χ1n) is 8.62. The van der Waals surface area contributed by atoms with Gasteiger partial charge < -0.3 is 10.1 Å². The zero-order valence-corrected chi connectivity index (χ0v) is 15.9. The highest BCUT2D eigenvalue weighted by Crippen LogP contribution is 2.23. The first-order chi connectivity index (χ1) is 13.2. The van der Waals surface area contributed by atoms with Crippen molar-refractivity contribution in [3.8, 4) is 5.75 Å². The summed E-state index contributed by atoms with van der Waals surface area (Å²) in [5, 5.41) is 11.3. The Morgan fingerprint density at radius 2 is 2.00 bits per heavy atom. The minimum Gasteiger partial charge on any atom is -0.489 e. The summed E-state index contributed by atoms with van der Waals surface area (Å²) >= 11 is 1.40. The predicted molar refractivity (Wildman–Crippen MR) is 112 cm³/mol. The normalized spacial score (nSPS) is 18.0. The number of benzene rings is 2. The lowest BCUT2D eigenvalue weighted by Gasteiger charge is -2.05. The van der Waals surface area contributed by atoms with E-state index in [0.29, 0.717) is 23.9 Å². The Morgan fingerprint density at radius 3 is 2.78 bits per heavy atom. The van der Waals surface area contributed by atoms with E-state index in [1.54, 1.807) is 12.3 Å². The van der Waals surface area contributed by atoms with Crippen molar-refractivity contribution in [2.45, 2.75) is 18.6 Å². The van der Waals surface area contributed by atoms with Crippen LogP contribution in [0, 0.1) is 6.92 Å². The number of thioether (sulfide) groups is 1. The van der Waals surface area contributed by atoms with Crippen LogP contribution < -0.4 is 10.1 Å². The number of hydrogen-bond acceptors (Lipinski definition) is 5. The molecule has 0 aromatic heterocycles. The molecule has 1 amide bonds. The Hall–Kier alpha value is -2.86. The maximum Gasteiger partial charge on any atom is 0.239 e.